The molecule has 4 unspecified atom stereocenters. The summed E-state index contributed by atoms with van der Waals surface area (Å²) in [5.74, 6) is -3.08. The number of carboxylic acid groups (broad SMARTS) is 1. The number of aliphatic hydroxyl groups is 1. The summed E-state index contributed by atoms with van der Waals surface area (Å²) in [7, 11) is 0. The van der Waals surface area contributed by atoms with Gasteiger partial charge in [0.15, 0.2) is 0 Å². The van der Waals surface area contributed by atoms with Gasteiger partial charge in [-0.05, 0) is 42.5 Å². The van der Waals surface area contributed by atoms with Crippen LogP contribution < -0.4 is 16.4 Å². The zero-order valence-corrected chi connectivity index (χ0v) is 20.2. The molecule has 11 heteroatoms. The minimum atomic E-state index is -1.49. The van der Waals surface area contributed by atoms with Gasteiger partial charge in [-0.1, -0.05) is 42.5 Å². The first kappa shape index (κ1) is 27.6. The fourth-order valence-corrected chi connectivity index (χ4v) is 4.26. The van der Waals surface area contributed by atoms with Gasteiger partial charge in [0.25, 0.3) is 0 Å². The summed E-state index contributed by atoms with van der Waals surface area (Å²) < 4.78 is 0. The van der Waals surface area contributed by atoms with Crippen molar-refractivity contribution in [3.8, 4) is 5.75 Å². The Balaban J connectivity index is 1.77. The SMILES string of the molecule is NC(Cc1ccccc1)C(=O)NC(Cc1ccc(O)cc1)C(=O)N1CCCC1C(=O)NC(CO)C(=O)O. The molecule has 7 N–H and O–H groups in total. The number of nitrogens with one attached hydrogen (secondary N) is 2. The average molecular weight is 513 g/mol. The van der Waals surface area contributed by atoms with Crippen molar-refractivity contribution in [1.29, 1.82) is 0 Å². The molecule has 0 radical (unpaired) electrons. The van der Waals surface area contributed by atoms with Crippen LogP contribution in [0.5, 0.6) is 5.75 Å². The maximum atomic E-state index is 13.6. The number of nitrogens with zero attached hydrogens (tertiary/aromatic N) is 1. The number of rotatable bonds is 11. The van der Waals surface area contributed by atoms with E-state index in [4.69, 9.17) is 10.8 Å². The van der Waals surface area contributed by atoms with Crippen LogP contribution in [0.4, 0.5) is 0 Å². The lowest BCUT2D eigenvalue weighted by atomic mass is 10.0. The minimum Gasteiger partial charge on any atom is -0.508 e. The second-order valence-corrected chi connectivity index (χ2v) is 9.00. The zero-order chi connectivity index (χ0) is 26.9. The summed E-state index contributed by atoms with van der Waals surface area (Å²) in [5.41, 5.74) is 7.65. The summed E-state index contributed by atoms with van der Waals surface area (Å²) in [5, 5.41) is 32.9. The van der Waals surface area contributed by atoms with Crippen molar-refractivity contribution in [2.75, 3.05) is 13.2 Å². The van der Waals surface area contributed by atoms with Gasteiger partial charge in [-0.15, -0.1) is 0 Å². The molecular weight excluding hydrogens is 480 g/mol. The van der Waals surface area contributed by atoms with Crippen LogP contribution in [0.15, 0.2) is 54.6 Å². The monoisotopic (exact) mass is 512 g/mol. The Morgan fingerprint density at radius 1 is 0.946 bits per heavy atom. The highest BCUT2D eigenvalue weighted by Crippen LogP contribution is 2.21. The number of hydrogen-bond donors (Lipinski definition) is 6. The van der Waals surface area contributed by atoms with E-state index in [2.05, 4.69) is 10.6 Å². The summed E-state index contributed by atoms with van der Waals surface area (Å²) in [6.45, 7) is -0.549. The molecule has 1 aliphatic rings. The van der Waals surface area contributed by atoms with Crippen molar-refractivity contribution in [3.05, 3.63) is 65.7 Å². The third-order valence-corrected chi connectivity index (χ3v) is 6.26. The summed E-state index contributed by atoms with van der Waals surface area (Å²) in [4.78, 5) is 51.9. The van der Waals surface area contributed by atoms with E-state index in [0.29, 0.717) is 18.4 Å². The minimum absolute atomic E-state index is 0.0497. The number of carbonyl (C=O) groups is 4. The number of hydrogen-bond acceptors (Lipinski definition) is 7. The van der Waals surface area contributed by atoms with Crippen LogP contribution in [0.25, 0.3) is 0 Å². The largest absolute Gasteiger partial charge is 0.508 e. The molecule has 3 rings (SSSR count). The van der Waals surface area contributed by atoms with Crippen LogP contribution in [0.2, 0.25) is 0 Å². The fourth-order valence-electron chi connectivity index (χ4n) is 4.26. The van der Waals surface area contributed by atoms with Crippen molar-refractivity contribution in [2.45, 2.75) is 49.9 Å². The van der Waals surface area contributed by atoms with Gasteiger partial charge in [0.05, 0.1) is 12.6 Å². The number of aromatic hydroxyl groups is 1. The lowest BCUT2D eigenvalue weighted by Crippen LogP contribution is -2.57. The average Bonchev–Trinajstić information content (AvgIpc) is 3.38. The molecule has 2 aromatic carbocycles. The van der Waals surface area contributed by atoms with Gasteiger partial charge in [-0.3, -0.25) is 14.4 Å². The number of amides is 3. The molecule has 1 saturated heterocycles. The quantitative estimate of drug-likeness (QED) is 0.234. The lowest BCUT2D eigenvalue weighted by Gasteiger charge is -2.30. The highest BCUT2D eigenvalue weighted by atomic mass is 16.4. The molecule has 11 nitrogen and oxygen atoms in total. The molecule has 0 spiro atoms. The molecule has 0 aliphatic carbocycles. The number of benzene rings is 2. The molecule has 0 aromatic heterocycles. The van der Waals surface area contributed by atoms with Crippen LogP contribution in [0.3, 0.4) is 0 Å². The Morgan fingerprint density at radius 3 is 2.22 bits per heavy atom. The van der Waals surface area contributed by atoms with Crippen LogP contribution >= 0.6 is 0 Å². The van der Waals surface area contributed by atoms with Gasteiger partial charge in [0.2, 0.25) is 17.7 Å². The second kappa shape index (κ2) is 12.8. The molecule has 37 heavy (non-hydrogen) atoms. The molecule has 2 aromatic rings. The van der Waals surface area contributed by atoms with Gasteiger partial charge in [-0.25, -0.2) is 4.79 Å². The second-order valence-electron chi connectivity index (χ2n) is 9.00. The van der Waals surface area contributed by atoms with Gasteiger partial charge in [0.1, 0.15) is 23.9 Å². The molecule has 0 bridgehead atoms. The van der Waals surface area contributed by atoms with Crippen molar-refractivity contribution < 1.29 is 34.5 Å². The normalized spacial score (nSPS) is 17.5. The van der Waals surface area contributed by atoms with Crippen LogP contribution in [-0.2, 0) is 32.0 Å². The number of aliphatic hydroxyl groups excluding tert-OH is 1. The Morgan fingerprint density at radius 2 is 1.59 bits per heavy atom. The maximum Gasteiger partial charge on any atom is 0.328 e. The van der Waals surface area contributed by atoms with Crippen LogP contribution in [-0.4, -0.2) is 81.2 Å². The zero-order valence-electron chi connectivity index (χ0n) is 20.2. The summed E-state index contributed by atoms with van der Waals surface area (Å²) in [6, 6.07) is 11.0. The standard InChI is InChI=1S/C26H32N4O7/c27-19(13-16-5-2-1-3-6-16)23(33)28-20(14-17-8-10-18(32)11-9-17)25(35)30-12-4-7-22(30)24(34)29-21(15-31)26(36)37/h1-3,5-6,8-11,19-22,31-32H,4,7,12-15,27H2,(H,28,33)(H,29,34)(H,36,37). The smallest absolute Gasteiger partial charge is 0.328 e. The lowest BCUT2D eigenvalue weighted by molar-refractivity contribution is -0.145. The Hall–Kier alpha value is -3.96. The molecule has 1 heterocycles. The topological polar surface area (TPSA) is 182 Å². The molecule has 1 aliphatic heterocycles. The Kier molecular flexibility index (Phi) is 9.58. The third-order valence-electron chi connectivity index (χ3n) is 6.26. The van der Waals surface area contributed by atoms with Gasteiger partial charge in [0, 0.05) is 13.0 Å². The van der Waals surface area contributed by atoms with Crippen molar-refractivity contribution in [2.24, 2.45) is 5.73 Å². The van der Waals surface area contributed by atoms with E-state index in [0.717, 1.165) is 5.56 Å². The van der Waals surface area contributed by atoms with Crippen LogP contribution in [0.1, 0.15) is 24.0 Å². The number of carboxylic acids is 1. The highest BCUT2D eigenvalue weighted by Gasteiger charge is 2.39. The first-order chi connectivity index (χ1) is 17.7. The van der Waals surface area contributed by atoms with Crippen LogP contribution in [0, 0.1) is 0 Å². The van der Waals surface area contributed by atoms with E-state index >= 15 is 0 Å². The van der Waals surface area contributed by atoms with Crippen molar-refractivity contribution >= 4 is 23.7 Å². The number of carbonyl (C=O) groups excluding carboxylic acids is 3. The predicted molar refractivity (Wildman–Crippen MR) is 133 cm³/mol. The van der Waals surface area contributed by atoms with Crippen molar-refractivity contribution in [1.82, 2.24) is 15.5 Å². The maximum absolute atomic E-state index is 13.6. The first-order valence-electron chi connectivity index (χ1n) is 12.0. The van der Waals surface area contributed by atoms with E-state index in [1.807, 2.05) is 30.3 Å². The number of likely N-dealkylation sites (tertiary alicyclic amines) is 1. The van der Waals surface area contributed by atoms with E-state index in [1.54, 1.807) is 12.1 Å². The van der Waals surface area contributed by atoms with E-state index in [1.165, 1.54) is 17.0 Å². The van der Waals surface area contributed by atoms with E-state index in [-0.39, 0.29) is 25.1 Å². The van der Waals surface area contributed by atoms with E-state index in [9.17, 15) is 29.4 Å². The summed E-state index contributed by atoms with van der Waals surface area (Å²) >= 11 is 0. The van der Waals surface area contributed by atoms with Gasteiger partial charge < -0.3 is 36.6 Å². The number of phenolic OH excluding ortho intramolecular Hbond substituents is 1. The van der Waals surface area contributed by atoms with Gasteiger partial charge >= 0.3 is 5.97 Å². The number of nitrogens with two attached hydrogens (primary N) is 1. The first-order valence-corrected chi connectivity index (χ1v) is 12.0. The predicted octanol–water partition coefficient (Wildman–Crippen LogP) is -0.458. The Bertz CT molecular complexity index is 1090. The Labute approximate surface area is 214 Å². The number of phenols is 1. The molecule has 3 amide bonds. The fraction of sp³-hybridized carbons (Fsp3) is 0.385. The molecular formula is C26H32N4O7. The van der Waals surface area contributed by atoms with E-state index < -0.39 is 54.5 Å². The molecule has 1 fully saturated rings. The molecule has 198 valence electrons. The number of aliphatic carboxylic acids is 1. The highest BCUT2D eigenvalue weighted by molar-refractivity contribution is 5.94. The van der Waals surface area contributed by atoms with Crippen molar-refractivity contribution in [3.63, 3.8) is 0 Å². The molecule has 4 atom stereocenters. The third kappa shape index (κ3) is 7.51. The van der Waals surface area contributed by atoms with Gasteiger partial charge in [-0.2, -0.15) is 0 Å². The molecule has 0 saturated carbocycles. The summed E-state index contributed by atoms with van der Waals surface area (Å²) in [6.07, 6.45) is 1.16.